The summed E-state index contributed by atoms with van der Waals surface area (Å²) in [5.41, 5.74) is 3.56. The molecule has 2 aliphatic rings. The number of hydrogen-bond acceptors (Lipinski definition) is 3. The number of hydrogen-bond donors (Lipinski definition) is 1. The molecule has 0 bridgehead atoms. The van der Waals surface area contributed by atoms with Crippen molar-refractivity contribution in [3.63, 3.8) is 0 Å². The van der Waals surface area contributed by atoms with Crippen LogP contribution in [0.1, 0.15) is 38.4 Å². The molecule has 0 fully saturated rings. The number of carbonyl (C=O) groups excluding carboxylic acids is 1. The van der Waals surface area contributed by atoms with Gasteiger partial charge in [-0.05, 0) is 30.0 Å². The zero-order chi connectivity index (χ0) is 17.6. The molecule has 128 valence electrons. The first-order valence-corrected chi connectivity index (χ1v) is 9.27. The minimum absolute atomic E-state index is 0.0549. The second-order valence-electron chi connectivity index (χ2n) is 7.47. The first kappa shape index (κ1) is 16.4. The van der Waals surface area contributed by atoms with Gasteiger partial charge in [0, 0.05) is 22.2 Å². The van der Waals surface area contributed by atoms with Crippen LogP contribution >= 0.6 is 15.9 Å². The normalized spacial score (nSPS) is 21.6. The summed E-state index contributed by atoms with van der Waals surface area (Å²) >= 11 is 3.62. The zero-order valence-corrected chi connectivity index (χ0v) is 15.9. The molecule has 1 atom stereocenters. The highest BCUT2D eigenvalue weighted by Gasteiger charge is 2.40. The van der Waals surface area contributed by atoms with Crippen LogP contribution < -0.4 is 10.1 Å². The molecule has 25 heavy (non-hydrogen) atoms. The number of anilines is 1. The van der Waals surface area contributed by atoms with Gasteiger partial charge in [0.05, 0.1) is 11.3 Å². The summed E-state index contributed by atoms with van der Waals surface area (Å²) in [6.07, 6.45) is 0.950. The lowest BCUT2D eigenvalue weighted by molar-refractivity contribution is -0.119. The lowest BCUT2D eigenvalue weighted by Gasteiger charge is -2.33. The van der Waals surface area contributed by atoms with Crippen molar-refractivity contribution in [3.05, 3.63) is 69.8 Å². The fourth-order valence-corrected chi connectivity index (χ4v) is 4.17. The molecule has 1 N–H and O–H groups in total. The number of Topliss-reactive ketones (excluding diaryl/α,β-unsaturated/α-hetero) is 1. The van der Waals surface area contributed by atoms with Crippen molar-refractivity contribution in [3.8, 4) is 5.75 Å². The lowest BCUT2D eigenvalue weighted by Crippen LogP contribution is -2.31. The molecular weight excluding hydrogens is 378 g/mol. The standard InChI is InChI=1S/C21H20BrNO2/c1-21(2)11-16-19(17(24)12-21)20(13-7-3-4-8-14(13)22)25-18-10-6-5-9-15(18)23-16/h3-10,20,23H,11-12H2,1-2H3. The minimum Gasteiger partial charge on any atom is -0.479 e. The van der Waals surface area contributed by atoms with Gasteiger partial charge in [0.25, 0.3) is 0 Å². The molecule has 4 heteroatoms. The number of fused-ring (bicyclic) bond motifs is 1. The van der Waals surface area contributed by atoms with Gasteiger partial charge in [-0.25, -0.2) is 0 Å². The number of para-hydroxylation sites is 2. The largest absolute Gasteiger partial charge is 0.479 e. The highest BCUT2D eigenvalue weighted by molar-refractivity contribution is 9.10. The molecule has 2 aromatic carbocycles. The summed E-state index contributed by atoms with van der Waals surface area (Å²) in [7, 11) is 0. The maximum Gasteiger partial charge on any atom is 0.165 e. The fourth-order valence-electron chi connectivity index (χ4n) is 3.68. The van der Waals surface area contributed by atoms with Crippen LogP contribution in [-0.4, -0.2) is 5.78 Å². The quantitative estimate of drug-likeness (QED) is 0.676. The Morgan fingerprint density at radius 2 is 1.80 bits per heavy atom. The van der Waals surface area contributed by atoms with E-state index in [2.05, 4.69) is 35.1 Å². The van der Waals surface area contributed by atoms with Crippen LogP contribution in [0.2, 0.25) is 0 Å². The van der Waals surface area contributed by atoms with E-state index >= 15 is 0 Å². The number of ketones is 1. The van der Waals surface area contributed by atoms with Crippen LogP contribution in [0.5, 0.6) is 5.75 Å². The number of carbonyl (C=O) groups is 1. The maximum absolute atomic E-state index is 13.0. The summed E-state index contributed by atoms with van der Waals surface area (Å²) in [5.74, 6) is 0.926. The summed E-state index contributed by atoms with van der Waals surface area (Å²) in [6, 6.07) is 15.8. The van der Waals surface area contributed by atoms with Crippen molar-refractivity contribution in [2.24, 2.45) is 5.41 Å². The third kappa shape index (κ3) is 2.99. The Morgan fingerprint density at radius 1 is 1.08 bits per heavy atom. The first-order valence-electron chi connectivity index (χ1n) is 8.48. The molecule has 0 amide bonds. The van der Waals surface area contributed by atoms with Crippen LogP contribution in [-0.2, 0) is 4.79 Å². The van der Waals surface area contributed by atoms with Gasteiger partial charge in [0.2, 0.25) is 0 Å². The number of ether oxygens (including phenoxy) is 1. The van der Waals surface area contributed by atoms with Crippen LogP contribution in [0.25, 0.3) is 0 Å². The van der Waals surface area contributed by atoms with Gasteiger partial charge in [-0.2, -0.15) is 0 Å². The van der Waals surface area contributed by atoms with E-state index in [1.165, 1.54) is 0 Å². The van der Waals surface area contributed by atoms with E-state index in [1.54, 1.807) is 0 Å². The molecule has 0 spiro atoms. The van der Waals surface area contributed by atoms with E-state index in [9.17, 15) is 4.79 Å². The molecule has 0 saturated heterocycles. The molecule has 0 radical (unpaired) electrons. The number of allylic oxidation sites excluding steroid dienone is 1. The summed E-state index contributed by atoms with van der Waals surface area (Å²) in [4.78, 5) is 13.0. The van der Waals surface area contributed by atoms with Gasteiger partial charge in [0.1, 0.15) is 5.75 Å². The Bertz CT molecular complexity index is 885. The monoisotopic (exact) mass is 397 g/mol. The first-order chi connectivity index (χ1) is 11.9. The zero-order valence-electron chi connectivity index (χ0n) is 14.3. The molecular formula is C21H20BrNO2. The fraction of sp³-hybridized carbons (Fsp3) is 0.286. The predicted octanol–water partition coefficient (Wildman–Crippen LogP) is 5.64. The topological polar surface area (TPSA) is 38.3 Å². The third-order valence-corrected chi connectivity index (χ3v) is 5.51. The Balaban J connectivity index is 1.92. The Labute approximate surface area is 156 Å². The third-order valence-electron chi connectivity index (χ3n) is 4.79. The lowest BCUT2D eigenvalue weighted by atomic mass is 9.74. The summed E-state index contributed by atoms with van der Waals surface area (Å²) in [5, 5.41) is 3.49. The smallest absolute Gasteiger partial charge is 0.165 e. The van der Waals surface area contributed by atoms with Crippen molar-refractivity contribution >= 4 is 27.4 Å². The molecule has 1 heterocycles. The van der Waals surface area contributed by atoms with Crippen molar-refractivity contribution in [2.45, 2.75) is 32.8 Å². The van der Waals surface area contributed by atoms with E-state index in [0.29, 0.717) is 6.42 Å². The average Bonchev–Trinajstić information content (AvgIpc) is 2.70. The maximum atomic E-state index is 13.0. The van der Waals surface area contributed by atoms with Gasteiger partial charge >= 0.3 is 0 Å². The number of rotatable bonds is 1. The van der Waals surface area contributed by atoms with Crippen molar-refractivity contribution in [1.82, 2.24) is 0 Å². The van der Waals surface area contributed by atoms with E-state index in [0.717, 1.165) is 39.2 Å². The summed E-state index contributed by atoms with van der Waals surface area (Å²) in [6.45, 7) is 4.28. The highest BCUT2D eigenvalue weighted by atomic mass is 79.9. The van der Waals surface area contributed by atoms with Crippen LogP contribution in [0, 0.1) is 5.41 Å². The van der Waals surface area contributed by atoms with Gasteiger partial charge in [-0.3, -0.25) is 4.79 Å². The van der Waals surface area contributed by atoms with E-state index < -0.39 is 6.10 Å². The SMILES string of the molecule is CC1(C)CC(=O)C2=C(C1)Nc1ccccc1OC2c1ccccc1Br. The molecule has 1 unspecified atom stereocenters. The van der Waals surface area contributed by atoms with E-state index in [4.69, 9.17) is 4.74 Å². The number of nitrogens with one attached hydrogen (secondary N) is 1. The Kier molecular flexibility index (Phi) is 3.95. The van der Waals surface area contributed by atoms with Crippen LogP contribution in [0.3, 0.4) is 0 Å². The van der Waals surface area contributed by atoms with Gasteiger partial charge in [0.15, 0.2) is 11.9 Å². The Morgan fingerprint density at radius 3 is 2.60 bits per heavy atom. The van der Waals surface area contributed by atoms with Crippen molar-refractivity contribution < 1.29 is 9.53 Å². The van der Waals surface area contributed by atoms with Crippen molar-refractivity contribution in [1.29, 1.82) is 0 Å². The van der Waals surface area contributed by atoms with Gasteiger partial charge < -0.3 is 10.1 Å². The molecule has 3 nitrogen and oxygen atoms in total. The molecule has 0 aromatic heterocycles. The molecule has 4 rings (SSSR count). The van der Waals surface area contributed by atoms with Gasteiger partial charge in [-0.1, -0.05) is 60.1 Å². The second-order valence-corrected chi connectivity index (χ2v) is 8.33. The van der Waals surface area contributed by atoms with Crippen LogP contribution in [0.15, 0.2) is 64.3 Å². The molecule has 2 aromatic rings. The second kappa shape index (κ2) is 6.03. The molecule has 1 aliphatic carbocycles. The van der Waals surface area contributed by atoms with Crippen LogP contribution in [0.4, 0.5) is 5.69 Å². The van der Waals surface area contributed by atoms with Gasteiger partial charge in [-0.15, -0.1) is 0 Å². The summed E-state index contributed by atoms with van der Waals surface area (Å²) < 4.78 is 7.31. The number of benzene rings is 2. The predicted molar refractivity (Wildman–Crippen MR) is 103 cm³/mol. The average molecular weight is 398 g/mol. The van der Waals surface area contributed by atoms with E-state index in [-0.39, 0.29) is 11.2 Å². The minimum atomic E-state index is -0.412. The Hall–Kier alpha value is -2.07. The van der Waals surface area contributed by atoms with Crippen molar-refractivity contribution in [2.75, 3.05) is 5.32 Å². The molecule has 0 saturated carbocycles. The van der Waals surface area contributed by atoms with E-state index in [1.807, 2.05) is 48.5 Å². The molecule has 1 aliphatic heterocycles. The highest BCUT2D eigenvalue weighted by Crippen LogP contribution is 2.47. The number of halogens is 1.